The smallest absolute Gasteiger partial charge is 0.141 e. The second-order valence-corrected chi connectivity index (χ2v) is 5.24. The molecule has 1 heterocycles. The number of hydrogen-bond donors (Lipinski definition) is 1. The molecule has 20 heavy (non-hydrogen) atoms. The van der Waals surface area contributed by atoms with Gasteiger partial charge in [0.2, 0.25) is 0 Å². The Balaban J connectivity index is 1.93. The highest BCUT2D eigenvalue weighted by Crippen LogP contribution is 2.18. The number of aromatic nitrogens is 1. The lowest BCUT2D eigenvalue weighted by molar-refractivity contribution is 0.519. The summed E-state index contributed by atoms with van der Waals surface area (Å²) in [6, 6.07) is 9.31. The Bertz CT molecular complexity index is 545. The Labute approximate surface area is 124 Å². The van der Waals surface area contributed by atoms with Gasteiger partial charge in [0.05, 0.1) is 5.02 Å². The summed E-state index contributed by atoms with van der Waals surface area (Å²) in [6.45, 7) is 0. The van der Waals surface area contributed by atoms with E-state index in [1.54, 1.807) is 12.1 Å². The third kappa shape index (κ3) is 4.29. The molecule has 106 valence electrons. The monoisotopic (exact) mass is 292 g/mol. The molecule has 0 saturated carbocycles. The van der Waals surface area contributed by atoms with Gasteiger partial charge in [-0.3, -0.25) is 4.98 Å². The van der Waals surface area contributed by atoms with E-state index >= 15 is 0 Å². The molecule has 4 heteroatoms. The second kappa shape index (κ2) is 7.36. The molecule has 1 aromatic carbocycles. The Kier molecular flexibility index (Phi) is 5.50. The van der Waals surface area contributed by atoms with Crippen LogP contribution in [0.1, 0.15) is 17.5 Å². The number of nitrogens with one attached hydrogen (secondary N) is 1. The molecule has 0 spiro atoms. The highest BCUT2D eigenvalue weighted by atomic mass is 35.5. The average molecular weight is 293 g/mol. The number of nitrogens with zero attached hydrogens (tertiary/aromatic N) is 1. The molecule has 2 nitrogen and oxygen atoms in total. The van der Waals surface area contributed by atoms with Crippen molar-refractivity contribution in [3.63, 3.8) is 0 Å². The van der Waals surface area contributed by atoms with Crippen molar-refractivity contribution in [3.8, 4) is 0 Å². The zero-order valence-corrected chi connectivity index (χ0v) is 12.2. The molecule has 1 unspecified atom stereocenters. The van der Waals surface area contributed by atoms with Crippen molar-refractivity contribution in [1.29, 1.82) is 0 Å². The molecule has 0 aliphatic heterocycles. The van der Waals surface area contributed by atoms with Crippen molar-refractivity contribution in [2.45, 2.75) is 25.3 Å². The minimum Gasteiger partial charge on any atom is -0.317 e. The normalized spacial score (nSPS) is 12.3. The topological polar surface area (TPSA) is 24.9 Å². The molecular formula is C16H18ClFN2. The van der Waals surface area contributed by atoms with Gasteiger partial charge in [-0.2, -0.15) is 0 Å². The lowest BCUT2D eigenvalue weighted by atomic mass is 9.99. The Morgan fingerprint density at radius 3 is 2.60 bits per heavy atom. The van der Waals surface area contributed by atoms with Gasteiger partial charge in [-0.15, -0.1) is 0 Å². The summed E-state index contributed by atoms with van der Waals surface area (Å²) < 4.78 is 13.1. The standard InChI is InChI=1S/C16H18ClFN2/c1-19-14(4-2-12-6-8-20-9-7-12)10-13-3-5-16(18)15(17)11-13/h3,5-9,11,14,19H,2,4,10H2,1H3. The summed E-state index contributed by atoms with van der Waals surface area (Å²) in [6.07, 6.45) is 6.45. The lowest BCUT2D eigenvalue weighted by Crippen LogP contribution is -2.28. The van der Waals surface area contributed by atoms with E-state index in [1.807, 2.05) is 31.6 Å². The van der Waals surface area contributed by atoms with Crippen LogP contribution in [0.15, 0.2) is 42.7 Å². The third-order valence-electron chi connectivity index (χ3n) is 3.41. The fourth-order valence-electron chi connectivity index (χ4n) is 2.19. The number of aryl methyl sites for hydroxylation is 1. The molecular weight excluding hydrogens is 275 g/mol. The summed E-state index contributed by atoms with van der Waals surface area (Å²) >= 11 is 5.81. The van der Waals surface area contributed by atoms with Crippen LogP contribution in [0.4, 0.5) is 4.39 Å². The van der Waals surface area contributed by atoms with E-state index in [9.17, 15) is 4.39 Å². The number of halogens is 2. The van der Waals surface area contributed by atoms with Crippen LogP contribution in [0.3, 0.4) is 0 Å². The van der Waals surface area contributed by atoms with Crippen LogP contribution in [0, 0.1) is 5.82 Å². The van der Waals surface area contributed by atoms with Crippen molar-refractivity contribution in [2.24, 2.45) is 0 Å². The maximum Gasteiger partial charge on any atom is 0.141 e. The van der Waals surface area contributed by atoms with Gasteiger partial charge in [0.1, 0.15) is 5.82 Å². The Hall–Kier alpha value is -1.45. The molecule has 2 rings (SSSR count). The average Bonchev–Trinajstić information content (AvgIpc) is 2.48. The molecule has 0 aliphatic rings. The van der Waals surface area contributed by atoms with E-state index in [2.05, 4.69) is 10.3 Å². The molecule has 1 atom stereocenters. The maximum atomic E-state index is 13.1. The van der Waals surface area contributed by atoms with Crippen LogP contribution >= 0.6 is 11.6 Å². The highest BCUT2D eigenvalue weighted by molar-refractivity contribution is 6.30. The first-order valence-corrected chi connectivity index (χ1v) is 7.07. The van der Waals surface area contributed by atoms with Crippen molar-refractivity contribution in [2.75, 3.05) is 7.05 Å². The highest BCUT2D eigenvalue weighted by Gasteiger charge is 2.09. The van der Waals surface area contributed by atoms with Crippen LogP contribution in [0.25, 0.3) is 0 Å². The first kappa shape index (κ1) is 14.9. The van der Waals surface area contributed by atoms with Gasteiger partial charge in [-0.1, -0.05) is 17.7 Å². The van der Waals surface area contributed by atoms with E-state index in [1.165, 1.54) is 11.6 Å². The van der Waals surface area contributed by atoms with Crippen LogP contribution in [-0.2, 0) is 12.8 Å². The van der Waals surface area contributed by atoms with Crippen LogP contribution in [-0.4, -0.2) is 18.1 Å². The molecule has 0 amide bonds. The van der Waals surface area contributed by atoms with E-state index in [0.717, 1.165) is 24.8 Å². The van der Waals surface area contributed by atoms with Crippen LogP contribution in [0.5, 0.6) is 0 Å². The van der Waals surface area contributed by atoms with Crippen molar-refractivity contribution in [1.82, 2.24) is 10.3 Å². The van der Waals surface area contributed by atoms with Crippen molar-refractivity contribution in [3.05, 3.63) is 64.7 Å². The minimum atomic E-state index is -0.367. The molecule has 0 radical (unpaired) electrons. The van der Waals surface area contributed by atoms with Gasteiger partial charge in [0, 0.05) is 18.4 Å². The number of rotatable bonds is 6. The zero-order chi connectivity index (χ0) is 14.4. The molecule has 0 fully saturated rings. The first-order valence-electron chi connectivity index (χ1n) is 6.69. The quantitative estimate of drug-likeness (QED) is 0.879. The van der Waals surface area contributed by atoms with E-state index in [-0.39, 0.29) is 10.8 Å². The fourth-order valence-corrected chi connectivity index (χ4v) is 2.39. The van der Waals surface area contributed by atoms with Crippen molar-refractivity contribution < 1.29 is 4.39 Å². The maximum absolute atomic E-state index is 13.1. The summed E-state index contributed by atoms with van der Waals surface area (Å²) in [4.78, 5) is 4.01. The molecule has 1 N–H and O–H groups in total. The summed E-state index contributed by atoms with van der Waals surface area (Å²) in [7, 11) is 1.95. The Morgan fingerprint density at radius 2 is 1.95 bits per heavy atom. The predicted molar refractivity (Wildman–Crippen MR) is 80.5 cm³/mol. The van der Waals surface area contributed by atoms with Gasteiger partial charge in [-0.25, -0.2) is 4.39 Å². The number of likely N-dealkylation sites (N-methyl/N-ethyl adjacent to an activating group) is 1. The Morgan fingerprint density at radius 1 is 1.20 bits per heavy atom. The molecule has 1 aromatic heterocycles. The predicted octanol–water partition coefficient (Wildman–Crippen LogP) is 3.64. The van der Waals surface area contributed by atoms with Gasteiger partial charge >= 0.3 is 0 Å². The summed E-state index contributed by atoms with van der Waals surface area (Å²) in [5.41, 5.74) is 2.32. The van der Waals surface area contributed by atoms with E-state index < -0.39 is 0 Å². The number of hydrogen-bond acceptors (Lipinski definition) is 2. The number of benzene rings is 1. The molecule has 2 aromatic rings. The fraction of sp³-hybridized carbons (Fsp3) is 0.312. The summed E-state index contributed by atoms with van der Waals surface area (Å²) in [5, 5.41) is 3.49. The van der Waals surface area contributed by atoms with Gasteiger partial charge in [0.15, 0.2) is 0 Å². The van der Waals surface area contributed by atoms with Gasteiger partial charge < -0.3 is 5.32 Å². The van der Waals surface area contributed by atoms with Gasteiger partial charge in [-0.05, 0) is 61.7 Å². The van der Waals surface area contributed by atoms with Gasteiger partial charge in [0.25, 0.3) is 0 Å². The molecule has 0 saturated heterocycles. The summed E-state index contributed by atoms with van der Waals surface area (Å²) in [5.74, 6) is -0.367. The lowest BCUT2D eigenvalue weighted by Gasteiger charge is -2.16. The van der Waals surface area contributed by atoms with E-state index in [0.29, 0.717) is 6.04 Å². The largest absolute Gasteiger partial charge is 0.317 e. The zero-order valence-electron chi connectivity index (χ0n) is 11.4. The first-order chi connectivity index (χ1) is 9.69. The second-order valence-electron chi connectivity index (χ2n) is 4.83. The molecule has 0 bridgehead atoms. The minimum absolute atomic E-state index is 0.187. The SMILES string of the molecule is CNC(CCc1ccncc1)Cc1ccc(F)c(Cl)c1. The van der Waals surface area contributed by atoms with E-state index in [4.69, 9.17) is 11.6 Å². The van der Waals surface area contributed by atoms with Crippen LogP contribution in [0.2, 0.25) is 5.02 Å². The number of pyridine rings is 1. The van der Waals surface area contributed by atoms with Crippen molar-refractivity contribution >= 4 is 11.6 Å². The molecule has 0 aliphatic carbocycles. The van der Waals surface area contributed by atoms with Crippen LogP contribution < -0.4 is 5.32 Å². The third-order valence-corrected chi connectivity index (χ3v) is 3.69.